The molecule has 1 saturated heterocycles. The van der Waals surface area contributed by atoms with E-state index in [1.54, 1.807) is 6.92 Å². The summed E-state index contributed by atoms with van der Waals surface area (Å²) in [6.07, 6.45) is 0.743. The van der Waals surface area contributed by atoms with Crippen LogP contribution in [0.4, 0.5) is 4.79 Å². The second-order valence-electron chi connectivity index (χ2n) is 5.98. The number of hydrogen-bond donors (Lipinski definition) is 1. The number of methoxy groups -OCH3 is 1. The topological polar surface area (TPSA) is 71.5 Å². The summed E-state index contributed by atoms with van der Waals surface area (Å²) in [7, 11) is 1.50. The maximum atomic E-state index is 12.5. The predicted molar refractivity (Wildman–Crippen MR) is 90.7 cm³/mol. The average molecular weight is 345 g/mol. The molecule has 1 atom stereocenters. The predicted octanol–water partition coefficient (Wildman–Crippen LogP) is 2.19. The van der Waals surface area contributed by atoms with E-state index in [4.69, 9.17) is 4.74 Å². The number of thiazole rings is 1. The van der Waals surface area contributed by atoms with Crippen molar-refractivity contribution in [3.05, 3.63) is 52.0 Å². The number of aromatic nitrogens is 1. The highest BCUT2D eigenvalue weighted by Crippen LogP contribution is 2.22. The number of carbonyl (C=O) groups excluding carboxylic acids is 2. The van der Waals surface area contributed by atoms with Gasteiger partial charge in [0.1, 0.15) is 5.54 Å². The van der Waals surface area contributed by atoms with Crippen LogP contribution in [0.3, 0.4) is 0 Å². The van der Waals surface area contributed by atoms with Gasteiger partial charge in [0.15, 0.2) is 0 Å². The van der Waals surface area contributed by atoms with Crippen LogP contribution in [0.25, 0.3) is 0 Å². The first kappa shape index (κ1) is 16.6. The molecule has 0 bridgehead atoms. The molecule has 3 amide bonds. The molecule has 1 aromatic carbocycles. The first-order chi connectivity index (χ1) is 11.5. The molecule has 1 aromatic heterocycles. The van der Waals surface area contributed by atoms with Gasteiger partial charge in [0, 0.05) is 18.9 Å². The number of carbonyl (C=O) groups is 2. The van der Waals surface area contributed by atoms with E-state index in [-0.39, 0.29) is 19.1 Å². The van der Waals surface area contributed by atoms with Crippen LogP contribution in [0.2, 0.25) is 0 Å². The molecule has 2 heterocycles. The third-order valence-corrected chi connectivity index (χ3v) is 4.79. The highest BCUT2D eigenvalue weighted by molar-refractivity contribution is 7.09. The van der Waals surface area contributed by atoms with Gasteiger partial charge in [0.25, 0.3) is 5.91 Å². The number of imide groups is 1. The molecule has 2 aromatic rings. The van der Waals surface area contributed by atoms with Gasteiger partial charge in [-0.25, -0.2) is 9.78 Å². The van der Waals surface area contributed by atoms with Gasteiger partial charge < -0.3 is 10.1 Å². The summed E-state index contributed by atoms with van der Waals surface area (Å²) in [4.78, 5) is 30.3. The van der Waals surface area contributed by atoms with Gasteiger partial charge in [-0.1, -0.05) is 30.3 Å². The van der Waals surface area contributed by atoms with E-state index in [0.717, 1.165) is 17.1 Å². The lowest BCUT2D eigenvalue weighted by Crippen LogP contribution is -2.47. The van der Waals surface area contributed by atoms with E-state index in [0.29, 0.717) is 0 Å². The van der Waals surface area contributed by atoms with Gasteiger partial charge in [-0.2, -0.15) is 0 Å². The zero-order valence-electron chi connectivity index (χ0n) is 13.6. The number of nitrogens with zero attached hydrogens (tertiary/aromatic N) is 2. The Kier molecular flexibility index (Phi) is 4.64. The van der Waals surface area contributed by atoms with E-state index in [2.05, 4.69) is 22.4 Å². The van der Waals surface area contributed by atoms with Crippen LogP contribution in [-0.2, 0) is 22.5 Å². The molecule has 0 radical (unpaired) electrons. The lowest BCUT2D eigenvalue weighted by molar-refractivity contribution is -0.132. The van der Waals surface area contributed by atoms with Crippen LogP contribution in [0, 0.1) is 0 Å². The Morgan fingerprint density at radius 3 is 2.75 bits per heavy atom. The summed E-state index contributed by atoms with van der Waals surface area (Å²) in [6, 6.07) is 9.66. The number of benzene rings is 1. The fourth-order valence-corrected chi connectivity index (χ4v) is 3.53. The van der Waals surface area contributed by atoms with Crippen molar-refractivity contribution in [2.75, 3.05) is 13.7 Å². The van der Waals surface area contributed by atoms with Crippen molar-refractivity contribution in [1.29, 1.82) is 0 Å². The van der Waals surface area contributed by atoms with Crippen molar-refractivity contribution in [2.24, 2.45) is 0 Å². The minimum Gasteiger partial charge on any atom is -0.382 e. The summed E-state index contributed by atoms with van der Waals surface area (Å²) >= 11 is 1.53. The molecular weight excluding hydrogens is 326 g/mol. The Morgan fingerprint density at radius 1 is 1.29 bits per heavy atom. The third-order valence-electron chi connectivity index (χ3n) is 3.90. The molecule has 1 aliphatic rings. The first-order valence-corrected chi connectivity index (χ1v) is 8.50. The number of hydrogen-bond acceptors (Lipinski definition) is 5. The second-order valence-corrected chi connectivity index (χ2v) is 6.92. The van der Waals surface area contributed by atoms with Crippen LogP contribution in [-0.4, -0.2) is 41.1 Å². The van der Waals surface area contributed by atoms with Crippen LogP contribution in [0.15, 0.2) is 35.7 Å². The van der Waals surface area contributed by atoms with Crippen molar-refractivity contribution in [3.8, 4) is 0 Å². The van der Waals surface area contributed by atoms with Gasteiger partial charge in [-0.05, 0) is 12.5 Å². The Bertz CT molecular complexity index is 747. The summed E-state index contributed by atoms with van der Waals surface area (Å²) in [5.41, 5.74) is 0.895. The largest absolute Gasteiger partial charge is 0.382 e. The van der Waals surface area contributed by atoms with Crippen LogP contribution in [0.1, 0.15) is 23.2 Å². The van der Waals surface area contributed by atoms with E-state index < -0.39 is 11.6 Å². The van der Waals surface area contributed by atoms with E-state index in [1.807, 2.05) is 23.6 Å². The molecule has 1 aliphatic heterocycles. The second kappa shape index (κ2) is 6.70. The van der Waals surface area contributed by atoms with E-state index >= 15 is 0 Å². The van der Waals surface area contributed by atoms with Gasteiger partial charge >= 0.3 is 6.03 Å². The molecular formula is C17H19N3O3S. The molecule has 0 unspecified atom stereocenters. The normalized spacial score (nSPS) is 20.5. The van der Waals surface area contributed by atoms with Gasteiger partial charge in [0.05, 0.1) is 23.9 Å². The molecule has 3 rings (SSSR count). The number of rotatable bonds is 6. The summed E-state index contributed by atoms with van der Waals surface area (Å²) in [5, 5.41) is 5.54. The number of nitrogens with one attached hydrogen (secondary N) is 1. The van der Waals surface area contributed by atoms with Crippen molar-refractivity contribution in [2.45, 2.75) is 25.4 Å². The lowest BCUT2D eigenvalue weighted by Gasteiger charge is -2.20. The van der Waals surface area contributed by atoms with Crippen LogP contribution >= 0.6 is 11.3 Å². The van der Waals surface area contributed by atoms with Crippen LogP contribution < -0.4 is 5.32 Å². The van der Waals surface area contributed by atoms with Crippen molar-refractivity contribution < 1.29 is 14.3 Å². The molecule has 126 valence electrons. The van der Waals surface area contributed by atoms with Crippen molar-refractivity contribution >= 4 is 23.3 Å². The average Bonchev–Trinajstić information content (AvgIpc) is 3.07. The molecule has 1 fully saturated rings. The Hall–Kier alpha value is -2.25. The van der Waals surface area contributed by atoms with Gasteiger partial charge in [-0.3, -0.25) is 9.69 Å². The monoisotopic (exact) mass is 345 g/mol. The maximum Gasteiger partial charge on any atom is 0.325 e. The zero-order valence-corrected chi connectivity index (χ0v) is 14.4. The molecule has 24 heavy (non-hydrogen) atoms. The molecule has 0 saturated carbocycles. The Labute approximate surface area is 144 Å². The minimum atomic E-state index is -1.01. The quantitative estimate of drug-likeness (QED) is 0.815. The van der Waals surface area contributed by atoms with Gasteiger partial charge in [0.2, 0.25) is 0 Å². The smallest absolute Gasteiger partial charge is 0.325 e. The highest BCUT2D eigenvalue weighted by atomic mass is 32.1. The molecule has 6 nitrogen and oxygen atoms in total. The summed E-state index contributed by atoms with van der Waals surface area (Å²) in [6.45, 7) is 1.98. The minimum absolute atomic E-state index is 0.143. The number of urea groups is 1. The third kappa shape index (κ3) is 3.32. The van der Waals surface area contributed by atoms with Crippen molar-refractivity contribution in [1.82, 2.24) is 15.2 Å². The lowest BCUT2D eigenvalue weighted by atomic mass is 10.0. The molecule has 1 N–H and O–H groups in total. The van der Waals surface area contributed by atoms with Crippen LogP contribution in [0.5, 0.6) is 0 Å². The van der Waals surface area contributed by atoms with E-state index in [1.165, 1.54) is 28.9 Å². The molecule has 0 aliphatic carbocycles. The zero-order chi connectivity index (χ0) is 17.2. The van der Waals surface area contributed by atoms with Gasteiger partial charge in [-0.15, -0.1) is 11.3 Å². The maximum absolute atomic E-state index is 12.5. The Balaban J connectivity index is 1.69. The highest BCUT2D eigenvalue weighted by Gasteiger charge is 2.47. The van der Waals surface area contributed by atoms with Crippen molar-refractivity contribution in [3.63, 3.8) is 0 Å². The first-order valence-electron chi connectivity index (χ1n) is 7.62. The number of amides is 3. The molecule has 0 spiro atoms. The molecule has 7 heteroatoms. The fourth-order valence-electron chi connectivity index (χ4n) is 2.71. The summed E-state index contributed by atoms with van der Waals surface area (Å²) in [5.74, 6) is -0.285. The number of ether oxygens (including phenoxy) is 1. The Morgan fingerprint density at radius 2 is 2.04 bits per heavy atom. The fraction of sp³-hybridized carbons (Fsp3) is 0.353. The van der Waals surface area contributed by atoms with E-state index in [9.17, 15) is 9.59 Å². The summed E-state index contributed by atoms with van der Waals surface area (Å²) < 4.78 is 5.04. The standard InChI is InChI=1S/C17H19N3O3S/c1-17(11-23-2)15(21)20(16(22)19-17)9-13-10-24-14(18-13)8-12-6-4-3-5-7-12/h3-7,10H,8-9,11H2,1-2H3,(H,19,22)/t17-/m0/s1. The SMILES string of the molecule is COC[C@]1(C)NC(=O)N(Cc2csc(Cc3ccccc3)n2)C1=O.